The molecule has 0 bridgehead atoms. The van der Waals surface area contributed by atoms with Gasteiger partial charge in [0.1, 0.15) is 0 Å². The van der Waals surface area contributed by atoms with E-state index in [0.717, 1.165) is 3.57 Å². The van der Waals surface area contributed by atoms with Gasteiger partial charge in [-0.25, -0.2) is 0 Å². The van der Waals surface area contributed by atoms with Crippen LogP contribution in [0.25, 0.3) is 0 Å². The summed E-state index contributed by atoms with van der Waals surface area (Å²) in [5.74, 6) is -1.01. The highest BCUT2D eigenvalue weighted by atomic mass is 127. The summed E-state index contributed by atoms with van der Waals surface area (Å²) in [5, 5.41) is 11.1. The lowest BCUT2D eigenvalue weighted by Crippen LogP contribution is -2.24. The van der Waals surface area contributed by atoms with Crippen molar-refractivity contribution in [3.05, 3.63) is 33.4 Å². The Kier molecular flexibility index (Phi) is 5.24. The van der Waals surface area contributed by atoms with E-state index in [1.807, 2.05) is 12.1 Å². The first-order valence-corrected chi connectivity index (χ1v) is 5.93. The summed E-state index contributed by atoms with van der Waals surface area (Å²) < 4.78 is 1.07. The quantitative estimate of drug-likeness (QED) is 0.639. The average molecular weight is 333 g/mol. The van der Waals surface area contributed by atoms with Crippen LogP contribution < -0.4 is 5.32 Å². The van der Waals surface area contributed by atoms with E-state index < -0.39 is 5.97 Å². The fourth-order valence-corrected chi connectivity index (χ4v) is 1.50. The number of carbonyl (C=O) groups excluding carboxylic acids is 1. The molecule has 2 N–H and O–H groups in total. The number of nitrogens with one attached hydrogen (secondary N) is 1. The largest absolute Gasteiger partial charge is 0.481 e. The first-order chi connectivity index (χ1) is 7.59. The second-order valence-electron chi connectivity index (χ2n) is 3.26. The van der Waals surface area contributed by atoms with E-state index in [2.05, 4.69) is 27.9 Å². The van der Waals surface area contributed by atoms with E-state index in [9.17, 15) is 9.59 Å². The summed E-state index contributed by atoms with van der Waals surface area (Å²) in [6.45, 7) is 0.386. The lowest BCUT2D eigenvalue weighted by Gasteiger charge is -2.03. The van der Waals surface area contributed by atoms with Gasteiger partial charge in [0.15, 0.2) is 0 Å². The lowest BCUT2D eigenvalue weighted by molar-refractivity contribution is -0.137. The van der Waals surface area contributed by atoms with Gasteiger partial charge in [-0.2, -0.15) is 0 Å². The smallest absolute Gasteiger partial charge is 0.303 e. The average Bonchev–Trinajstić information content (AvgIpc) is 2.25. The Balaban J connectivity index is 2.35. The molecule has 0 saturated heterocycles. The Morgan fingerprint density at radius 2 is 1.88 bits per heavy atom. The summed E-state index contributed by atoms with van der Waals surface area (Å²) in [6.07, 6.45) is 0.526. The van der Waals surface area contributed by atoms with Gasteiger partial charge in [-0.1, -0.05) is 0 Å². The molecule has 0 spiro atoms. The highest BCUT2D eigenvalue weighted by Gasteiger charge is 2.04. The van der Waals surface area contributed by atoms with E-state index >= 15 is 0 Å². The van der Waals surface area contributed by atoms with Crippen molar-refractivity contribution in [3.8, 4) is 0 Å². The number of carbonyl (C=O) groups is 2. The third kappa shape index (κ3) is 4.61. The molecule has 16 heavy (non-hydrogen) atoms. The first kappa shape index (κ1) is 13.0. The Hall–Kier alpha value is -1.11. The van der Waals surface area contributed by atoms with Gasteiger partial charge in [0, 0.05) is 22.1 Å². The van der Waals surface area contributed by atoms with Gasteiger partial charge in [-0.05, 0) is 53.3 Å². The van der Waals surface area contributed by atoms with Gasteiger partial charge < -0.3 is 10.4 Å². The molecule has 0 unspecified atom stereocenters. The molecule has 0 aliphatic carbocycles. The number of aliphatic carboxylic acids is 1. The van der Waals surface area contributed by atoms with Crippen LogP contribution in [0.5, 0.6) is 0 Å². The summed E-state index contributed by atoms with van der Waals surface area (Å²) in [7, 11) is 0. The molecule has 0 heterocycles. The molecule has 1 amide bonds. The van der Waals surface area contributed by atoms with Gasteiger partial charge >= 0.3 is 5.97 Å². The molecule has 86 valence electrons. The topological polar surface area (TPSA) is 66.4 Å². The first-order valence-electron chi connectivity index (χ1n) is 4.85. The lowest BCUT2D eigenvalue weighted by atomic mass is 10.2. The Labute approximate surface area is 107 Å². The number of carboxylic acid groups (broad SMARTS) is 1. The summed E-state index contributed by atoms with van der Waals surface area (Å²) in [4.78, 5) is 21.8. The van der Waals surface area contributed by atoms with Gasteiger partial charge in [0.2, 0.25) is 0 Å². The van der Waals surface area contributed by atoms with E-state index in [-0.39, 0.29) is 12.3 Å². The fourth-order valence-electron chi connectivity index (χ4n) is 1.14. The molecule has 5 heteroatoms. The van der Waals surface area contributed by atoms with E-state index in [0.29, 0.717) is 18.5 Å². The summed E-state index contributed by atoms with van der Waals surface area (Å²) in [5.41, 5.74) is 0.593. The van der Waals surface area contributed by atoms with Crippen LogP contribution >= 0.6 is 22.6 Å². The second kappa shape index (κ2) is 6.47. The minimum atomic E-state index is -0.844. The number of rotatable bonds is 5. The van der Waals surface area contributed by atoms with Crippen molar-refractivity contribution in [2.45, 2.75) is 12.8 Å². The van der Waals surface area contributed by atoms with E-state index in [4.69, 9.17) is 5.11 Å². The molecule has 1 aromatic rings. The molecule has 0 aliphatic heterocycles. The minimum Gasteiger partial charge on any atom is -0.481 e. The molecule has 0 radical (unpaired) electrons. The van der Waals surface area contributed by atoms with Gasteiger partial charge in [-0.3, -0.25) is 9.59 Å². The monoisotopic (exact) mass is 333 g/mol. The number of hydrogen-bond donors (Lipinski definition) is 2. The van der Waals surface area contributed by atoms with Gasteiger partial charge in [0.25, 0.3) is 5.91 Å². The zero-order valence-electron chi connectivity index (χ0n) is 8.57. The van der Waals surface area contributed by atoms with Crippen LogP contribution in [0, 0.1) is 3.57 Å². The van der Waals surface area contributed by atoms with Gasteiger partial charge in [0.05, 0.1) is 0 Å². The minimum absolute atomic E-state index is 0.0764. The maximum atomic E-state index is 11.5. The molecule has 0 atom stereocenters. The van der Waals surface area contributed by atoms with E-state index in [1.165, 1.54) is 0 Å². The molecular formula is C11H12INO3. The molecule has 0 aromatic heterocycles. The molecular weight excluding hydrogens is 321 g/mol. The Morgan fingerprint density at radius 3 is 2.44 bits per heavy atom. The van der Waals surface area contributed by atoms with Gasteiger partial charge in [-0.15, -0.1) is 0 Å². The zero-order valence-corrected chi connectivity index (χ0v) is 10.7. The Bertz CT molecular complexity index is 375. The van der Waals surface area contributed by atoms with Crippen molar-refractivity contribution in [1.82, 2.24) is 5.32 Å². The predicted octanol–water partition coefficient (Wildman–Crippen LogP) is 1.89. The third-order valence-corrected chi connectivity index (χ3v) is 2.68. The van der Waals surface area contributed by atoms with Crippen LogP contribution in [0.15, 0.2) is 24.3 Å². The van der Waals surface area contributed by atoms with Crippen molar-refractivity contribution in [3.63, 3.8) is 0 Å². The fraction of sp³-hybridized carbons (Fsp3) is 0.273. The summed E-state index contributed by atoms with van der Waals surface area (Å²) >= 11 is 2.16. The number of amides is 1. The third-order valence-electron chi connectivity index (χ3n) is 1.96. The van der Waals surface area contributed by atoms with Crippen molar-refractivity contribution in [2.24, 2.45) is 0 Å². The number of hydrogen-bond acceptors (Lipinski definition) is 2. The Morgan fingerprint density at radius 1 is 1.25 bits per heavy atom. The predicted molar refractivity (Wildman–Crippen MR) is 68.4 cm³/mol. The van der Waals surface area contributed by atoms with Crippen LogP contribution in [0.4, 0.5) is 0 Å². The van der Waals surface area contributed by atoms with Crippen LogP contribution in [0.2, 0.25) is 0 Å². The van der Waals surface area contributed by atoms with Crippen LogP contribution in [0.1, 0.15) is 23.2 Å². The molecule has 0 saturated carbocycles. The van der Waals surface area contributed by atoms with Crippen LogP contribution in [-0.4, -0.2) is 23.5 Å². The normalized spacial score (nSPS) is 9.81. The molecule has 1 rings (SSSR count). The van der Waals surface area contributed by atoms with Crippen LogP contribution in [0.3, 0.4) is 0 Å². The van der Waals surface area contributed by atoms with E-state index in [1.54, 1.807) is 12.1 Å². The molecule has 1 aromatic carbocycles. The van der Waals surface area contributed by atoms with Crippen molar-refractivity contribution >= 4 is 34.5 Å². The number of benzene rings is 1. The summed E-state index contributed by atoms with van der Waals surface area (Å²) in [6, 6.07) is 7.20. The molecule has 4 nitrogen and oxygen atoms in total. The van der Waals surface area contributed by atoms with Crippen molar-refractivity contribution in [2.75, 3.05) is 6.54 Å². The number of halogens is 1. The molecule has 0 fully saturated rings. The zero-order chi connectivity index (χ0) is 12.0. The maximum Gasteiger partial charge on any atom is 0.303 e. The number of carboxylic acids is 1. The standard InChI is InChI=1S/C11H12INO3/c12-9-5-3-8(4-6-9)11(16)13-7-1-2-10(14)15/h3-6H,1-2,7H2,(H,13,16)(H,14,15). The van der Waals surface area contributed by atoms with Crippen molar-refractivity contribution < 1.29 is 14.7 Å². The molecule has 0 aliphatic rings. The van der Waals surface area contributed by atoms with Crippen molar-refractivity contribution in [1.29, 1.82) is 0 Å². The SMILES string of the molecule is O=C(O)CCCNC(=O)c1ccc(I)cc1. The highest BCUT2D eigenvalue weighted by molar-refractivity contribution is 14.1. The highest BCUT2D eigenvalue weighted by Crippen LogP contribution is 2.06. The second-order valence-corrected chi connectivity index (χ2v) is 4.51. The van der Waals surface area contributed by atoms with Crippen LogP contribution in [-0.2, 0) is 4.79 Å². The maximum absolute atomic E-state index is 11.5.